The van der Waals surface area contributed by atoms with E-state index in [0.717, 1.165) is 42.7 Å². The van der Waals surface area contributed by atoms with Crippen LogP contribution in [0.15, 0.2) is 0 Å². The van der Waals surface area contributed by atoms with E-state index in [1.807, 2.05) is 0 Å². The van der Waals surface area contributed by atoms with Crippen LogP contribution in [0.1, 0.15) is 51.4 Å². The predicted molar refractivity (Wildman–Crippen MR) is 130 cm³/mol. The fraction of sp³-hybridized carbons (Fsp3) is 1.00. The molecule has 31 heavy (non-hydrogen) atoms. The van der Waals surface area contributed by atoms with Gasteiger partial charge < -0.3 is 31.9 Å². The summed E-state index contributed by atoms with van der Waals surface area (Å²) in [7, 11) is 6.58. The molecule has 0 aromatic rings. The summed E-state index contributed by atoms with van der Waals surface area (Å²) in [4.78, 5) is 7.20. The quantitative estimate of drug-likeness (QED) is 0.534. The molecule has 8 fully saturated rings. The first-order valence-electron chi connectivity index (χ1n) is 13.0. The molecule has 0 aromatic heterocycles. The highest BCUT2D eigenvalue weighted by Gasteiger charge is 2.45. The van der Waals surface area contributed by atoms with Crippen LogP contribution in [0.2, 0.25) is 0 Å². The molecule has 0 aromatic carbocycles. The first-order valence-corrected chi connectivity index (χ1v) is 13.0. The summed E-state index contributed by atoms with van der Waals surface area (Å²) < 4.78 is 0. The van der Waals surface area contributed by atoms with Gasteiger partial charge >= 0.3 is 0 Å². The van der Waals surface area contributed by atoms with Gasteiger partial charge in [-0.05, 0) is 102 Å². The molecular formula is C25H50N6. The molecule has 5 aliphatic heterocycles. The van der Waals surface area contributed by atoms with Crippen LogP contribution >= 0.6 is 0 Å². The van der Waals surface area contributed by atoms with Crippen molar-refractivity contribution in [3.63, 3.8) is 0 Å². The monoisotopic (exact) mass is 434 g/mol. The number of hydrogen-bond donors (Lipinski definition) is 3. The smallest absolute Gasteiger partial charge is 0.0289 e. The largest absolute Gasteiger partial charge is 0.328 e. The van der Waals surface area contributed by atoms with E-state index < -0.39 is 0 Å². The van der Waals surface area contributed by atoms with Gasteiger partial charge in [-0.3, -0.25) is 0 Å². The molecule has 0 spiro atoms. The van der Waals surface area contributed by atoms with Crippen molar-refractivity contribution in [2.45, 2.75) is 69.0 Å². The standard InChI is InChI=1S/2C9H18N2.C7H14N2/c1-11-5-7-2-8(6-11)4-9(10)3-7;1-11-5-8-2-7(3-8)4-9(10)6-11;1-9-4-6-2-7(8,3-6)5-9/h2*7-9H,2-6,10H2,1H3;6H,2-5,8H2,1H3. The van der Waals surface area contributed by atoms with Gasteiger partial charge in [0.1, 0.15) is 0 Å². The van der Waals surface area contributed by atoms with Crippen molar-refractivity contribution < 1.29 is 0 Å². The molecule has 0 radical (unpaired) electrons. The van der Waals surface area contributed by atoms with Gasteiger partial charge in [0.2, 0.25) is 0 Å². The highest BCUT2D eigenvalue weighted by atomic mass is 15.2. The molecule has 6 heteroatoms. The number of piperidine rings is 3. The van der Waals surface area contributed by atoms with Crippen molar-refractivity contribution in [3.8, 4) is 0 Å². The number of fused-ring (bicyclic) bond motifs is 8. The predicted octanol–water partition coefficient (Wildman–Crippen LogP) is 1.39. The van der Waals surface area contributed by atoms with Crippen LogP contribution in [-0.2, 0) is 0 Å². The third-order valence-corrected chi connectivity index (χ3v) is 8.71. The lowest BCUT2D eigenvalue weighted by molar-refractivity contribution is 0.0175. The maximum atomic E-state index is 5.99. The second-order valence-electron chi connectivity index (χ2n) is 12.7. The third-order valence-electron chi connectivity index (χ3n) is 8.71. The Morgan fingerprint density at radius 2 is 1.00 bits per heavy atom. The number of hydrogen-bond acceptors (Lipinski definition) is 6. The minimum atomic E-state index is 0.220. The Morgan fingerprint density at radius 1 is 0.548 bits per heavy atom. The van der Waals surface area contributed by atoms with Gasteiger partial charge in [-0.1, -0.05) is 0 Å². The molecule has 6 nitrogen and oxygen atoms in total. The number of rotatable bonds is 0. The molecule has 180 valence electrons. The van der Waals surface area contributed by atoms with Crippen molar-refractivity contribution in [1.29, 1.82) is 0 Å². The molecule has 3 saturated carbocycles. The van der Waals surface area contributed by atoms with E-state index in [9.17, 15) is 0 Å². The fourth-order valence-corrected chi connectivity index (χ4v) is 7.90. The zero-order valence-corrected chi connectivity index (χ0v) is 20.5. The van der Waals surface area contributed by atoms with Gasteiger partial charge in [0.05, 0.1) is 0 Å². The van der Waals surface area contributed by atoms with Crippen LogP contribution in [0.5, 0.6) is 0 Å². The van der Waals surface area contributed by atoms with Gasteiger partial charge in [-0.2, -0.15) is 0 Å². The van der Waals surface area contributed by atoms with Crippen LogP contribution in [0, 0.1) is 29.6 Å². The summed E-state index contributed by atoms with van der Waals surface area (Å²) >= 11 is 0. The minimum Gasteiger partial charge on any atom is -0.328 e. The topological polar surface area (TPSA) is 87.8 Å². The highest BCUT2D eigenvalue weighted by Crippen LogP contribution is 2.40. The lowest BCUT2D eigenvalue weighted by atomic mass is 9.65. The van der Waals surface area contributed by atoms with Crippen LogP contribution in [-0.4, -0.2) is 92.7 Å². The SMILES string of the molecule is CN1CC(N)CC2CC(C2)C1.CN1CC2CC(N)(C2)C1.CN1CC2CC(N)CC(C2)C1. The lowest BCUT2D eigenvalue weighted by Crippen LogP contribution is -2.65. The summed E-state index contributed by atoms with van der Waals surface area (Å²) in [5.74, 6) is 4.71. The Morgan fingerprint density at radius 3 is 1.52 bits per heavy atom. The Labute approximate surface area is 191 Å². The average Bonchev–Trinajstić information content (AvgIpc) is 2.56. The number of likely N-dealkylation sites (N-methyl/N-ethyl adjacent to an activating group) is 2. The summed E-state index contributed by atoms with van der Waals surface area (Å²) in [5, 5.41) is 0. The third kappa shape index (κ3) is 6.64. The molecule has 3 unspecified atom stereocenters. The molecule has 0 amide bonds. The van der Waals surface area contributed by atoms with Crippen molar-refractivity contribution in [2.75, 3.05) is 60.4 Å². The zero-order chi connectivity index (χ0) is 22.2. The summed E-state index contributed by atoms with van der Waals surface area (Å²) in [6, 6.07) is 0.943. The number of likely N-dealkylation sites (tertiary alicyclic amines) is 1. The van der Waals surface area contributed by atoms with Crippen LogP contribution in [0.3, 0.4) is 0 Å². The van der Waals surface area contributed by atoms with E-state index >= 15 is 0 Å². The molecule has 6 bridgehead atoms. The van der Waals surface area contributed by atoms with E-state index in [-0.39, 0.29) is 5.54 Å². The molecular weight excluding hydrogens is 384 g/mol. The molecule has 3 atom stereocenters. The second kappa shape index (κ2) is 9.94. The van der Waals surface area contributed by atoms with Gasteiger partial charge in [0.15, 0.2) is 0 Å². The second-order valence-corrected chi connectivity index (χ2v) is 12.7. The molecule has 3 aliphatic carbocycles. The summed E-state index contributed by atoms with van der Waals surface area (Å²) in [5.41, 5.74) is 18.1. The van der Waals surface area contributed by atoms with Crippen molar-refractivity contribution in [3.05, 3.63) is 0 Å². The Bertz CT molecular complexity index is 518. The van der Waals surface area contributed by atoms with Crippen molar-refractivity contribution in [1.82, 2.24) is 14.7 Å². The van der Waals surface area contributed by atoms with E-state index in [0.29, 0.717) is 12.1 Å². The molecule has 8 rings (SSSR count). The maximum Gasteiger partial charge on any atom is 0.0289 e. The Balaban J connectivity index is 0.000000113. The lowest BCUT2D eigenvalue weighted by Gasteiger charge is -2.53. The van der Waals surface area contributed by atoms with Crippen LogP contribution in [0.25, 0.3) is 0 Å². The van der Waals surface area contributed by atoms with Crippen LogP contribution < -0.4 is 17.2 Å². The van der Waals surface area contributed by atoms with E-state index in [1.54, 1.807) is 0 Å². The van der Waals surface area contributed by atoms with E-state index in [4.69, 9.17) is 17.2 Å². The minimum absolute atomic E-state index is 0.220. The highest BCUT2D eigenvalue weighted by molar-refractivity contribution is 5.04. The first kappa shape index (κ1) is 23.9. The molecule has 5 saturated heterocycles. The van der Waals surface area contributed by atoms with Crippen LogP contribution in [0.4, 0.5) is 0 Å². The van der Waals surface area contributed by atoms with E-state index in [2.05, 4.69) is 35.8 Å². The van der Waals surface area contributed by atoms with Gasteiger partial charge in [0, 0.05) is 56.9 Å². The number of nitrogens with zero attached hydrogens (tertiary/aromatic N) is 3. The average molecular weight is 435 g/mol. The summed E-state index contributed by atoms with van der Waals surface area (Å²) in [6.45, 7) is 7.34. The normalized spacial score (nSPS) is 47.2. The van der Waals surface area contributed by atoms with Gasteiger partial charge in [0.25, 0.3) is 0 Å². The molecule has 8 aliphatic rings. The number of nitrogens with two attached hydrogens (primary N) is 3. The van der Waals surface area contributed by atoms with Crippen molar-refractivity contribution in [2.24, 2.45) is 46.8 Å². The molecule has 5 heterocycles. The van der Waals surface area contributed by atoms with Crippen molar-refractivity contribution >= 4 is 0 Å². The van der Waals surface area contributed by atoms with E-state index in [1.165, 1.54) is 77.5 Å². The zero-order valence-electron chi connectivity index (χ0n) is 20.5. The first-order chi connectivity index (χ1) is 14.7. The summed E-state index contributed by atoms with van der Waals surface area (Å²) in [6.07, 6.45) is 10.7. The van der Waals surface area contributed by atoms with Gasteiger partial charge in [-0.25, -0.2) is 0 Å². The maximum absolute atomic E-state index is 5.99. The Hall–Kier alpha value is -0.240. The fourth-order valence-electron chi connectivity index (χ4n) is 7.90. The van der Waals surface area contributed by atoms with Gasteiger partial charge in [-0.15, -0.1) is 0 Å². The molecule has 6 N–H and O–H groups in total. The Kier molecular flexibility index (Phi) is 7.67.